The van der Waals surface area contributed by atoms with Crippen LogP contribution in [-0.4, -0.2) is 28.8 Å². The van der Waals surface area contributed by atoms with Gasteiger partial charge in [-0.1, -0.05) is 324 Å². The highest BCUT2D eigenvalue weighted by molar-refractivity contribution is 8.05. The Morgan fingerprint density at radius 3 is 0.535 bits per heavy atom. The third-order valence-electron chi connectivity index (χ3n) is 14.9. The topological polar surface area (TPSA) is 0 Å². The predicted molar refractivity (Wildman–Crippen MR) is 339 cm³/mol. The van der Waals surface area contributed by atoms with E-state index in [-0.39, 0.29) is 0 Å². The molecule has 1 aromatic rings. The van der Waals surface area contributed by atoms with E-state index in [4.69, 9.17) is 0 Å². The van der Waals surface area contributed by atoms with Gasteiger partial charge in [-0.3, -0.25) is 0 Å². The molecule has 0 nitrogen and oxygen atoms in total. The first-order valence-corrected chi connectivity index (χ1v) is 37.5. The van der Waals surface area contributed by atoms with Crippen LogP contribution in [0.1, 0.15) is 356 Å². The Kier molecular flexibility index (Phi) is 57.8. The van der Waals surface area contributed by atoms with E-state index in [2.05, 4.69) is 99.5 Å². The smallest absolute Gasteiger partial charge is 0.0367 e. The highest BCUT2D eigenvalue weighted by Gasteiger charge is 2.21. The van der Waals surface area contributed by atoms with Crippen LogP contribution in [0.3, 0.4) is 0 Å². The van der Waals surface area contributed by atoms with Gasteiger partial charge in [-0.25, -0.2) is 0 Å². The molecule has 0 aromatic heterocycles. The van der Waals surface area contributed by atoms with Crippen LogP contribution in [0.5, 0.6) is 0 Å². The summed E-state index contributed by atoms with van der Waals surface area (Å²) in [7, 11) is 0. The average molecular weight is 1080 g/mol. The molecule has 420 valence electrons. The van der Waals surface area contributed by atoms with Gasteiger partial charge in [0.1, 0.15) is 0 Å². The van der Waals surface area contributed by atoms with Crippen LogP contribution in [0.4, 0.5) is 0 Å². The highest BCUT2D eigenvalue weighted by atomic mass is 32.2. The van der Waals surface area contributed by atoms with E-state index in [0.717, 1.165) is 0 Å². The summed E-state index contributed by atoms with van der Waals surface area (Å²) in [5, 5.41) is 0. The maximum absolute atomic E-state index is 2.76. The van der Waals surface area contributed by atoms with Crippen LogP contribution in [-0.2, 0) is 0 Å². The lowest BCUT2D eigenvalue weighted by Crippen LogP contribution is -1.97. The van der Waals surface area contributed by atoms with Gasteiger partial charge in [0, 0.05) is 24.5 Å². The average Bonchev–Trinajstić information content (AvgIpc) is 3.38. The maximum Gasteiger partial charge on any atom is 0.0367 e. The molecule has 1 aromatic carbocycles. The van der Waals surface area contributed by atoms with E-state index in [0.29, 0.717) is 0 Å². The van der Waals surface area contributed by atoms with Crippen molar-refractivity contribution >= 4 is 58.8 Å². The summed E-state index contributed by atoms with van der Waals surface area (Å²) >= 11 is 11.4. The van der Waals surface area contributed by atoms with Gasteiger partial charge < -0.3 is 0 Å². The lowest BCUT2D eigenvalue weighted by Gasteiger charge is -2.22. The minimum atomic E-state index is 1.29. The van der Waals surface area contributed by atoms with E-state index in [1.165, 1.54) is 350 Å². The standard InChI is InChI=1S/C66H126S5/c1-6-11-16-21-26-31-36-41-46-51-56-67-62-61-63(68-57-52-47-42-37-32-27-22-17-12-7-2)65(70-59-54-49-44-39-34-29-24-19-14-9-4)66(71-60-55-50-45-40-35-30-25-20-15-10-5)64(62)69-58-53-48-43-38-33-28-23-18-13-8-3/h61H,6-60H2,1-5H3. The zero-order chi connectivity index (χ0) is 51.0. The second-order valence-electron chi connectivity index (χ2n) is 22.0. The molecule has 0 amide bonds. The van der Waals surface area contributed by atoms with Crippen LogP contribution in [0, 0.1) is 0 Å². The van der Waals surface area contributed by atoms with Gasteiger partial charge in [0.05, 0.1) is 0 Å². The van der Waals surface area contributed by atoms with E-state index in [1.54, 1.807) is 24.5 Å². The first-order chi connectivity index (χ1) is 35.2. The molecule has 0 spiro atoms. The molecule has 0 N–H and O–H groups in total. The molecule has 0 fully saturated rings. The molecule has 0 unspecified atom stereocenters. The second kappa shape index (κ2) is 58.6. The number of thioether (sulfide) groups is 5. The molecule has 0 aliphatic carbocycles. The number of hydrogen-bond donors (Lipinski definition) is 0. The summed E-state index contributed by atoms with van der Waals surface area (Å²) in [5.74, 6) is 6.46. The number of benzene rings is 1. The summed E-state index contributed by atoms with van der Waals surface area (Å²) < 4.78 is 0. The first kappa shape index (κ1) is 70.0. The molecular weight excluding hydrogens is 953 g/mol. The van der Waals surface area contributed by atoms with Crippen LogP contribution in [0.25, 0.3) is 0 Å². The van der Waals surface area contributed by atoms with E-state index >= 15 is 0 Å². The van der Waals surface area contributed by atoms with Crippen molar-refractivity contribution in [2.24, 2.45) is 0 Å². The van der Waals surface area contributed by atoms with Crippen LogP contribution >= 0.6 is 58.8 Å². The molecule has 0 radical (unpaired) electrons. The number of rotatable bonds is 60. The van der Waals surface area contributed by atoms with Crippen molar-refractivity contribution in [2.75, 3.05) is 28.8 Å². The van der Waals surface area contributed by atoms with E-state index < -0.39 is 0 Å². The molecule has 5 heteroatoms. The summed E-state index contributed by atoms with van der Waals surface area (Å²) in [6.07, 6.45) is 71.3. The van der Waals surface area contributed by atoms with Crippen LogP contribution in [0.2, 0.25) is 0 Å². The minimum Gasteiger partial charge on any atom is -0.125 e. The fourth-order valence-electron chi connectivity index (χ4n) is 10.0. The van der Waals surface area contributed by atoms with Gasteiger partial charge in [0.2, 0.25) is 0 Å². The molecule has 0 heterocycles. The van der Waals surface area contributed by atoms with Gasteiger partial charge in [0.25, 0.3) is 0 Å². The van der Waals surface area contributed by atoms with Crippen molar-refractivity contribution in [2.45, 2.75) is 380 Å². The van der Waals surface area contributed by atoms with Crippen molar-refractivity contribution in [1.29, 1.82) is 0 Å². The van der Waals surface area contributed by atoms with Crippen LogP contribution < -0.4 is 0 Å². The second-order valence-corrected chi connectivity index (χ2v) is 27.6. The normalized spacial score (nSPS) is 11.7. The van der Waals surface area contributed by atoms with Gasteiger partial charge in [0.15, 0.2) is 0 Å². The predicted octanol–water partition coefficient (Wildman–Crippen LogP) is 26.8. The van der Waals surface area contributed by atoms with E-state index in [1.807, 2.05) is 0 Å². The fraction of sp³-hybridized carbons (Fsp3) is 0.909. The molecule has 0 aliphatic rings. The molecule has 0 saturated heterocycles. The third-order valence-corrected chi connectivity index (χ3v) is 21.2. The monoisotopic (exact) mass is 1080 g/mol. The Morgan fingerprint density at radius 1 is 0.183 bits per heavy atom. The summed E-state index contributed by atoms with van der Waals surface area (Å²) in [6.45, 7) is 11.7. The van der Waals surface area contributed by atoms with Gasteiger partial charge >= 0.3 is 0 Å². The van der Waals surface area contributed by atoms with Gasteiger partial charge in [-0.2, -0.15) is 0 Å². The highest BCUT2D eigenvalue weighted by Crippen LogP contribution is 2.49. The quantitative estimate of drug-likeness (QED) is 0.0470. The van der Waals surface area contributed by atoms with Crippen molar-refractivity contribution in [3.63, 3.8) is 0 Å². The summed E-state index contributed by atoms with van der Waals surface area (Å²) in [5.41, 5.74) is 0. The Labute approximate surface area is 470 Å². The molecule has 71 heavy (non-hydrogen) atoms. The molecule has 0 aliphatic heterocycles. The van der Waals surface area contributed by atoms with Gasteiger partial charge in [-0.15, -0.1) is 58.8 Å². The summed E-state index contributed by atoms with van der Waals surface area (Å²) in [4.78, 5) is 8.41. The minimum absolute atomic E-state index is 1.29. The van der Waals surface area contributed by atoms with Crippen molar-refractivity contribution in [3.05, 3.63) is 6.07 Å². The molecule has 0 atom stereocenters. The van der Waals surface area contributed by atoms with Crippen LogP contribution in [0.15, 0.2) is 30.5 Å². The number of unbranched alkanes of at least 4 members (excludes halogenated alkanes) is 45. The zero-order valence-corrected chi connectivity index (χ0v) is 53.1. The maximum atomic E-state index is 2.76. The Bertz CT molecular complexity index is 1110. The SMILES string of the molecule is CCCCCCCCCCCCSc1cc(SCCCCCCCCCCCC)c(SCCCCCCCCCCCC)c(SCCCCCCCCCCCC)c1SCCCCCCCCCCCC. The largest absolute Gasteiger partial charge is 0.125 e. The van der Waals surface area contributed by atoms with Crippen molar-refractivity contribution < 1.29 is 0 Å². The van der Waals surface area contributed by atoms with E-state index in [9.17, 15) is 0 Å². The lowest BCUT2D eigenvalue weighted by molar-refractivity contribution is 0.563. The Morgan fingerprint density at radius 2 is 0.338 bits per heavy atom. The molecule has 0 bridgehead atoms. The molecule has 0 saturated carbocycles. The van der Waals surface area contributed by atoms with Crippen molar-refractivity contribution in [3.8, 4) is 0 Å². The zero-order valence-electron chi connectivity index (χ0n) is 49.0. The molecule has 1 rings (SSSR count). The summed E-state index contributed by atoms with van der Waals surface area (Å²) in [6, 6.07) is 2.76. The number of hydrogen-bond acceptors (Lipinski definition) is 5. The Hall–Kier alpha value is 0.970. The first-order valence-electron chi connectivity index (χ1n) is 32.6. The Balaban J connectivity index is 3.25. The fourth-order valence-corrected chi connectivity index (χ4v) is 16.7. The molecular formula is C66H126S5. The van der Waals surface area contributed by atoms with Gasteiger partial charge in [-0.05, 0) is 66.9 Å². The van der Waals surface area contributed by atoms with Crippen molar-refractivity contribution in [1.82, 2.24) is 0 Å². The third kappa shape index (κ3) is 45.7. The lowest BCUT2D eigenvalue weighted by atomic mass is 10.1.